The van der Waals surface area contributed by atoms with Crippen LogP contribution in [0.5, 0.6) is 0 Å². The van der Waals surface area contributed by atoms with Crippen LogP contribution in [0.1, 0.15) is 25.7 Å². The Hall–Kier alpha value is -0.620. The maximum Gasteiger partial charge on any atom is 0.235 e. The third kappa shape index (κ3) is 4.09. The summed E-state index contributed by atoms with van der Waals surface area (Å²) in [7, 11) is -3.27. The molecule has 0 aromatic rings. The van der Waals surface area contributed by atoms with E-state index in [1.54, 1.807) is 0 Å². The van der Waals surface area contributed by atoms with E-state index in [2.05, 4.69) is 5.32 Å². The molecule has 0 heterocycles. The van der Waals surface area contributed by atoms with Crippen molar-refractivity contribution in [3.05, 3.63) is 0 Å². The van der Waals surface area contributed by atoms with E-state index in [4.69, 9.17) is 0 Å². The molecular weight excluding hydrogens is 230 g/mol. The normalized spacial score (nSPS) is 19.6. The first-order chi connectivity index (χ1) is 7.37. The van der Waals surface area contributed by atoms with Crippen LogP contribution in [0.2, 0.25) is 0 Å². The highest BCUT2D eigenvalue weighted by Gasteiger charge is 2.33. The zero-order valence-electron chi connectivity index (χ0n) is 9.53. The topological polar surface area (TPSA) is 83.5 Å². The second kappa shape index (κ2) is 5.14. The van der Waals surface area contributed by atoms with Gasteiger partial charge in [0.15, 0.2) is 9.84 Å². The van der Waals surface area contributed by atoms with Crippen LogP contribution in [0.3, 0.4) is 0 Å². The molecule has 1 saturated carbocycles. The quantitative estimate of drug-likeness (QED) is 0.700. The molecule has 1 fully saturated rings. The van der Waals surface area contributed by atoms with E-state index in [0.717, 1.165) is 31.9 Å². The van der Waals surface area contributed by atoms with Gasteiger partial charge in [0.1, 0.15) is 5.75 Å². The number of aliphatic hydroxyl groups is 1. The first kappa shape index (κ1) is 13.4. The zero-order valence-corrected chi connectivity index (χ0v) is 10.3. The van der Waals surface area contributed by atoms with Crippen LogP contribution in [0.4, 0.5) is 0 Å². The Morgan fingerprint density at radius 2 is 1.94 bits per heavy atom. The molecule has 0 atom stereocenters. The average molecular weight is 249 g/mol. The predicted octanol–water partition coefficient (Wildman–Crippen LogP) is -0.300. The predicted molar refractivity (Wildman–Crippen MR) is 60.7 cm³/mol. The fourth-order valence-corrected chi connectivity index (χ4v) is 2.67. The fourth-order valence-electron chi connectivity index (χ4n) is 2.09. The van der Waals surface area contributed by atoms with Gasteiger partial charge in [0.05, 0.1) is 6.61 Å². The van der Waals surface area contributed by atoms with Crippen LogP contribution in [0.15, 0.2) is 0 Å². The molecule has 1 aliphatic carbocycles. The Kier molecular flexibility index (Phi) is 4.32. The van der Waals surface area contributed by atoms with Crippen LogP contribution >= 0.6 is 0 Å². The number of rotatable bonds is 5. The van der Waals surface area contributed by atoms with Gasteiger partial charge in [-0.1, -0.05) is 12.8 Å². The summed E-state index contributed by atoms with van der Waals surface area (Å²) in [6.45, 7) is 0.421. The molecule has 1 rings (SSSR count). The summed E-state index contributed by atoms with van der Waals surface area (Å²) in [6, 6.07) is 0. The largest absolute Gasteiger partial charge is 0.396 e. The Morgan fingerprint density at radius 3 is 2.38 bits per heavy atom. The second-order valence-electron chi connectivity index (χ2n) is 4.71. The lowest BCUT2D eigenvalue weighted by Gasteiger charge is -2.26. The van der Waals surface area contributed by atoms with E-state index < -0.39 is 21.5 Å². The van der Waals surface area contributed by atoms with Crippen LogP contribution in [0, 0.1) is 5.41 Å². The molecule has 0 radical (unpaired) electrons. The van der Waals surface area contributed by atoms with Crippen LogP contribution in [0.25, 0.3) is 0 Å². The summed E-state index contributed by atoms with van der Waals surface area (Å²) in [5, 5.41) is 11.9. The van der Waals surface area contributed by atoms with E-state index in [9.17, 15) is 18.3 Å². The highest BCUT2D eigenvalue weighted by molar-refractivity contribution is 7.91. The number of carbonyl (C=O) groups excluding carboxylic acids is 1. The summed E-state index contributed by atoms with van der Waals surface area (Å²) in [5.41, 5.74) is -0.229. The Morgan fingerprint density at radius 1 is 1.38 bits per heavy atom. The SMILES string of the molecule is CS(=O)(=O)CC(=O)NCC1(CO)CCCC1. The van der Waals surface area contributed by atoms with Gasteiger partial charge >= 0.3 is 0 Å². The molecule has 2 N–H and O–H groups in total. The average Bonchev–Trinajstić information content (AvgIpc) is 2.61. The van der Waals surface area contributed by atoms with Gasteiger partial charge in [0.25, 0.3) is 0 Å². The van der Waals surface area contributed by atoms with E-state index in [0.29, 0.717) is 6.54 Å². The lowest BCUT2D eigenvalue weighted by atomic mass is 9.87. The molecule has 0 spiro atoms. The summed E-state index contributed by atoms with van der Waals surface area (Å²) in [5.74, 6) is -0.962. The van der Waals surface area contributed by atoms with Gasteiger partial charge in [-0.05, 0) is 12.8 Å². The number of amides is 1. The third-order valence-electron chi connectivity index (χ3n) is 3.05. The van der Waals surface area contributed by atoms with Crippen molar-refractivity contribution in [2.75, 3.05) is 25.2 Å². The van der Waals surface area contributed by atoms with Crippen molar-refractivity contribution in [2.24, 2.45) is 5.41 Å². The maximum absolute atomic E-state index is 11.3. The molecule has 1 aliphatic rings. The highest BCUT2D eigenvalue weighted by Crippen LogP contribution is 2.36. The van der Waals surface area contributed by atoms with Crippen molar-refractivity contribution in [3.8, 4) is 0 Å². The van der Waals surface area contributed by atoms with Crippen molar-refractivity contribution in [3.63, 3.8) is 0 Å². The van der Waals surface area contributed by atoms with Crippen molar-refractivity contribution in [1.82, 2.24) is 5.32 Å². The standard InChI is InChI=1S/C10H19NO4S/c1-16(14,15)6-9(13)11-7-10(8-12)4-2-3-5-10/h12H,2-8H2,1H3,(H,11,13). The molecule has 5 nitrogen and oxygen atoms in total. The lowest BCUT2D eigenvalue weighted by Crippen LogP contribution is -2.40. The second-order valence-corrected chi connectivity index (χ2v) is 6.85. The van der Waals surface area contributed by atoms with Gasteiger partial charge in [0.2, 0.25) is 5.91 Å². The van der Waals surface area contributed by atoms with Crippen LogP contribution < -0.4 is 5.32 Å². The molecule has 6 heteroatoms. The van der Waals surface area contributed by atoms with Gasteiger partial charge in [-0.3, -0.25) is 4.79 Å². The monoisotopic (exact) mass is 249 g/mol. The molecule has 0 aromatic heterocycles. The first-order valence-corrected chi connectivity index (χ1v) is 7.48. The van der Waals surface area contributed by atoms with Crippen LogP contribution in [-0.4, -0.2) is 44.6 Å². The summed E-state index contributed by atoms with van der Waals surface area (Å²) in [4.78, 5) is 11.3. The van der Waals surface area contributed by atoms with E-state index in [-0.39, 0.29) is 12.0 Å². The van der Waals surface area contributed by atoms with Crippen LogP contribution in [-0.2, 0) is 14.6 Å². The number of hydrogen-bond acceptors (Lipinski definition) is 4. The third-order valence-corrected chi connectivity index (χ3v) is 3.84. The molecule has 1 amide bonds. The smallest absolute Gasteiger partial charge is 0.235 e. The Bertz CT molecular complexity index is 344. The summed E-state index contributed by atoms with van der Waals surface area (Å²) < 4.78 is 21.8. The van der Waals surface area contributed by atoms with Gasteiger partial charge in [0, 0.05) is 18.2 Å². The Labute approximate surface area is 96.1 Å². The minimum atomic E-state index is -3.27. The molecular formula is C10H19NO4S. The molecule has 16 heavy (non-hydrogen) atoms. The number of aliphatic hydroxyl groups excluding tert-OH is 1. The Balaban J connectivity index is 2.41. The fraction of sp³-hybridized carbons (Fsp3) is 0.900. The molecule has 0 saturated heterocycles. The number of sulfone groups is 1. The zero-order chi connectivity index (χ0) is 12.2. The number of nitrogens with one attached hydrogen (secondary N) is 1. The van der Waals surface area contributed by atoms with Gasteiger partial charge in [-0.2, -0.15) is 0 Å². The van der Waals surface area contributed by atoms with Gasteiger partial charge in [-0.25, -0.2) is 8.42 Å². The number of hydrogen-bond donors (Lipinski definition) is 2. The minimum absolute atomic E-state index is 0.0478. The molecule has 0 unspecified atom stereocenters. The summed E-state index contributed by atoms with van der Waals surface area (Å²) >= 11 is 0. The maximum atomic E-state index is 11.3. The molecule has 94 valence electrons. The number of carbonyl (C=O) groups is 1. The van der Waals surface area contributed by atoms with E-state index in [1.165, 1.54) is 0 Å². The highest BCUT2D eigenvalue weighted by atomic mass is 32.2. The van der Waals surface area contributed by atoms with E-state index in [1.807, 2.05) is 0 Å². The first-order valence-electron chi connectivity index (χ1n) is 5.42. The summed E-state index contributed by atoms with van der Waals surface area (Å²) in [6.07, 6.45) is 4.93. The van der Waals surface area contributed by atoms with Crippen molar-refractivity contribution in [2.45, 2.75) is 25.7 Å². The van der Waals surface area contributed by atoms with Crippen molar-refractivity contribution < 1.29 is 18.3 Å². The van der Waals surface area contributed by atoms with Gasteiger partial charge in [-0.15, -0.1) is 0 Å². The molecule has 0 aromatic carbocycles. The van der Waals surface area contributed by atoms with Gasteiger partial charge < -0.3 is 10.4 Å². The van der Waals surface area contributed by atoms with E-state index >= 15 is 0 Å². The van der Waals surface area contributed by atoms with Crippen molar-refractivity contribution >= 4 is 15.7 Å². The van der Waals surface area contributed by atoms with Crippen molar-refractivity contribution in [1.29, 1.82) is 0 Å². The molecule has 0 bridgehead atoms. The molecule has 0 aliphatic heterocycles. The lowest BCUT2D eigenvalue weighted by molar-refractivity contribution is -0.119. The minimum Gasteiger partial charge on any atom is -0.396 e.